The van der Waals surface area contributed by atoms with Gasteiger partial charge in [0.05, 0.1) is 12.2 Å². The summed E-state index contributed by atoms with van der Waals surface area (Å²) in [6.07, 6.45) is 0.199. The lowest BCUT2D eigenvalue weighted by Gasteiger charge is -2.21. The Morgan fingerprint density at radius 3 is 2.69 bits per heavy atom. The van der Waals surface area contributed by atoms with Gasteiger partial charge in [-0.3, -0.25) is 4.99 Å². The molecule has 0 bridgehead atoms. The Morgan fingerprint density at radius 1 is 1.38 bits per heavy atom. The first-order valence-electron chi connectivity index (χ1n) is 8.28. The maximum atomic E-state index is 13.7. The number of aromatic nitrogens is 1. The quantitative estimate of drug-likeness (QED) is 0.589. The van der Waals surface area contributed by atoms with E-state index >= 15 is 0 Å². The molecular formula is C18H24F2N4OS. The van der Waals surface area contributed by atoms with E-state index in [9.17, 15) is 8.78 Å². The van der Waals surface area contributed by atoms with Crippen molar-refractivity contribution >= 4 is 17.3 Å². The molecule has 0 aliphatic rings. The van der Waals surface area contributed by atoms with E-state index in [4.69, 9.17) is 4.74 Å². The summed E-state index contributed by atoms with van der Waals surface area (Å²) in [6, 6.07) is 3.89. The molecule has 0 spiro atoms. The third-order valence-electron chi connectivity index (χ3n) is 3.96. The van der Waals surface area contributed by atoms with Crippen LogP contribution in [0, 0.1) is 11.6 Å². The van der Waals surface area contributed by atoms with Gasteiger partial charge in [0, 0.05) is 38.7 Å². The molecule has 1 N–H and O–H groups in total. The fourth-order valence-corrected chi connectivity index (χ4v) is 3.30. The van der Waals surface area contributed by atoms with Gasteiger partial charge in [-0.15, -0.1) is 11.3 Å². The Labute approximate surface area is 156 Å². The van der Waals surface area contributed by atoms with Crippen LogP contribution in [0.2, 0.25) is 0 Å². The van der Waals surface area contributed by atoms with Crippen LogP contribution in [0.15, 0.2) is 28.6 Å². The molecule has 1 aromatic heterocycles. The SMILES string of the molecule is CN=C(NCCc1c(F)cccc1F)N(C)Cc1csc(C(C)OC)n1. The van der Waals surface area contributed by atoms with Gasteiger partial charge in [-0.25, -0.2) is 13.8 Å². The van der Waals surface area contributed by atoms with E-state index in [1.54, 1.807) is 25.5 Å². The van der Waals surface area contributed by atoms with Gasteiger partial charge in [0.25, 0.3) is 0 Å². The van der Waals surface area contributed by atoms with Crippen LogP contribution in [0.3, 0.4) is 0 Å². The average Bonchev–Trinajstić information content (AvgIpc) is 3.08. The molecule has 1 heterocycles. The minimum atomic E-state index is -0.530. The topological polar surface area (TPSA) is 49.8 Å². The first-order valence-corrected chi connectivity index (χ1v) is 9.16. The van der Waals surface area contributed by atoms with Gasteiger partial charge in [0.2, 0.25) is 0 Å². The van der Waals surface area contributed by atoms with Crippen molar-refractivity contribution in [1.29, 1.82) is 0 Å². The third kappa shape index (κ3) is 5.22. The number of ether oxygens (including phenoxy) is 1. The van der Waals surface area contributed by atoms with Crippen LogP contribution in [-0.4, -0.2) is 43.6 Å². The molecule has 0 aliphatic heterocycles. The van der Waals surface area contributed by atoms with Crippen LogP contribution in [0.5, 0.6) is 0 Å². The molecular weight excluding hydrogens is 358 g/mol. The fraction of sp³-hybridized carbons (Fsp3) is 0.444. The van der Waals surface area contributed by atoms with E-state index in [1.165, 1.54) is 18.2 Å². The van der Waals surface area contributed by atoms with Crippen molar-refractivity contribution in [3.63, 3.8) is 0 Å². The summed E-state index contributed by atoms with van der Waals surface area (Å²) in [4.78, 5) is 10.7. The van der Waals surface area contributed by atoms with Crippen molar-refractivity contribution in [2.75, 3.05) is 27.7 Å². The fourth-order valence-electron chi connectivity index (χ4n) is 2.46. The lowest BCUT2D eigenvalue weighted by atomic mass is 10.1. The minimum absolute atomic E-state index is 0.0350. The Morgan fingerprint density at radius 2 is 2.08 bits per heavy atom. The standard InChI is InChI=1S/C18H24F2N4OS/c1-12(25-4)17-23-13(11-26-17)10-24(3)18(21-2)22-9-8-14-15(19)6-5-7-16(14)20/h5-7,11-12H,8-10H2,1-4H3,(H,21,22). The van der Waals surface area contributed by atoms with Crippen molar-refractivity contribution in [3.8, 4) is 0 Å². The normalized spacial score (nSPS) is 12.9. The van der Waals surface area contributed by atoms with E-state index in [-0.39, 0.29) is 18.1 Å². The zero-order valence-corrected chi connectivity index (χ0v) is 16.2. The summed E-state index contributed by atoms with van der Waals surface area (Å²) in [6.45, 7) is 2.90. The maximum Gasteiger partial charge on any atom is 0.193 e. The van der Waals surface area contributed by atoms with Crippen molar-refractivity contribution in [1.82, 2.24) is 15.2 Å². The highest BCUT2D eigenvalue weighted by molar-refractivity contribution is 7.09. The van der Waals surface area contributed by atoms with Gasteiger partial charge in [-0.2, -0.15) is 0 Å². The Bertz CT molecular complexity index is 730. The zero-order chi connectivity index (χ0) is 19.1. The summed E-state index contributed by atoms with van der Waals surface area (Å²) in [5.41, 5.74) is 0.996. The Balaban J connectivity index is 1.90. The van der Waals surface area contributed by atoms with Gasteiger partial charge in [-0.1, -0.05) is 6.07 Å². The highest BCUT2D eigenvalue weighted by Gasteiger charge is 2.13. The van der Waals surface area contributed by atoms with E-state index in [0.717, 1.165) is 10.7 Å². The molecule has 0 fully saturated rings. The molecule has 0 saturated carbocycles. The number of halogens is 2. The molecule has 1 aromatic carbocycles. The molecule has 5 nitrogen and oxygen atoms in total. The predicted octanol–water partition coefficient (Wildman–Crippen LogP) is 3.38. The molecule has 142 valence electrons. The molecule has 0 radical (unpaired) electrons. The average molecular weight is 382 g/mol. The van der Waals surface area contributed by atoms with Gasteiger partial charge in [-0.05, 0) is 25.5 Å². The van der Waals surface area contributed by atoms with Crippen LogP contribution in [0.4, 0.5) is 8.78 Å². The summed E-state index contributed by atoms with van der Waals surface area (Å²) < 4.78 is 32.6. The highest BCUT2D eigenvalue weighted by Crippen LogP contribution is 2.21. The van der Waals surface area contributed by atoms with E-state index in [1.807, 2.05) is 24.3 Å². The van der Waals surface area contributed by atoms with Crippen LogP contribution in [-0.2, 0) is 17.7 Å². The van der Waals surface area contributed by atoms with E-state index in [2.05, 4.69) is 15.3 Å². The number of hydrogen-bond acceptors (Lipinski definition) is 4. The maximum absolute atomic E-state index is 13.7. The number of thiazole rings is 1. The number of hydrogen-bond donors (Lipinski definition) is 1. The van der Waals surface area contributed by atoms with Gasteiger partial charge < -0.3 is 15.0 Å². The Kier molecular flexibility index (Phi) is 7.47. The zero-order valence-electron chi connectivity index (χ0n) is 15.4. The Hall–Kier alpha value is -2.06. The first-order chi connectivity index (χ1) is 12.5. The van der Waals surface area contributed by atoms with Crippen molar-refractivity contribution < 1.29 is 13.5 Å². The molecule has 1 atom stereocenters. The molecule has 0 saturated heterocycles. The molecule has 0 aliphatic carbocycles. The third-order valence-corrected chi connectivity index (χ3v) is 5.02. The molecule has 8 heteroatoms. The second-order valence-electron chi connectivity index (χ2n) is 5.84. The lowest BCUT2D eigenvalue weighted by molar-refractivity contribution is 0.119. The van der Waals surface area contributed by atoms with Crippen molar-refractivity contribution in [2.45, 2.75) is 26.0 Å². The molecule has 1 unspecified atom stereocenters. The molecule has 2 aromatic rings. The highest BCUT2D eigenvalue weighted by atomic mass is 32.1. The second kappa shape index (κ2) is 9.59. The summed E-state index contributed by atoms with van der Waals surface area (Å²) in [5, 5.41) is 6.04. The van der Waals surface area contributed by atoms with Gasteiger partial charge >= 0.3 is 0 Å². The predicted molar refractivity (Wildman–Crippen MR) is 100 cm³/mol. The van der Waals surface area contributed by atoms with Crippen molar-refractivity contribution in [2.24, 2.45) is 4.99 Å². The van der Waals surface area contributed by atoms with E-state index in [0.29, 0.717) is 19.0 Å². The lowest BCUT2D eigenvalue weighted by Crippen LogP contribution is -2.39. The number of guanidine groups is 1. The van der Waals surface area contributed by atoms with Crippen LogP contribution in [0.25, 0.3) is 0 Å². The second-order valence-corrected chi connectivity index (χ2v) is 6.72. The van der Waals surface area contributed by atoms with E-state index < -0.39 is 11.6 Å². The van der Waals surface area contributed by atoms with Crippen LogP contribution in [0.1, 0.15) is 29.3 Å². The minimum Gasteiger partial charge on any atom is -0.375 e. The number of rotatable bonds is 7. The molecule has 2 rings (SSSR count). The number of nitrogens with zero attached hydrogens (tertiary/aromatic N) is 3. The number of methoxy groups -OCH3 is 1. The molecule has 0 amide bonds. The smallest absolute Gasteiger partial charge is 0.193 e. The summed E-state index contributed by atoms with van der Waals surface area (Å²) >= 11 is 1.56. The van der Waals surface area contributed by atoms with Gasteiger partial charge in [0.1, 0.15) is 22.7 Å². The number of benzene rings is 1. The monoisotopic (exact) mass is 382 g/mol. The van der Waals surface area contributed by atoms with Crippen molar-refractivity contribution in [3.05, 3.63) is 51.5 Å². The molecule has 26 heavy (non-hydrogen) atoms. The summed E-state index contributed by atoms with van der Waals surface area (Å²) in [7, 11) is 5.21. The first kappa shape index (κ1) is 20.3. The van der Waals surface area contributed by atoms with Crippen LogP contribution < -0.4 is 5.32 Å². The number of aliphatic imine (C=N–C) groups is 1. The van der Waals surface area contributed by atoms with Gasteiger partial charge in [0.15, 0.2) is 5.96 Å². The summed E-state index contributed by atoms with van der Waals surface area (Å²) in [5.74, 6) is -0.425. The number of nitrogens with one attached hydrogen (secondary N) is 1. The van der Waals surface area contributed by atoms with Crippen LogP contribution >= 0.6 is 11.3 Å². The largest absolute Gasteiger partial charge is 0.375 e.